The van der Waals surface area contributed by atoms with Gasteiger partial charge < -0.3 is 10.6 Å². The van der Waals surface area contributed by atoms with Crippen LogP contribution < -0.4 is 5.73 Å². The van der Waals surface area contributed by atoms with Gasteiger partial charge >= 0.3 is 0 Å². The highest BCUT2D eigenvalue weighted by atomic mass is 16.2. The van der Waals surface area contributed by atoms with E-state index in [1.807, 2.05) is 29.2 Å². The Kier molecular flexibility index (Phi) is 4.66. The van der Waals surface area contributed by atoms with E-state index in [2.05, 4.69) is 20.9 Å². The molecule has 0 radical (unpaired) electrons. The summed E-state index contributed by atoms with van der Waals surface area (Å²) in [6.45, 7) is 3.41. The van der Waals surface area contributed by atoms with Crippen LogP contribution in [0.1, 0.15) is 31.5 Å². The summed E-state index contributed by atoms with van der Waals surface area (Å²) < 4.78 is 0. The minimum Gasteiger partial charge on any atom is -0.383 e. The quantitative estimate of drug-likeness (QED) is 0.893. The number of carbonyl (C=O) groups excluding carboxylic acids is 1. The second kappa shape index (κ2) is 7.12. The Bertz CT molecular complexity index is 891. The number of carbonyl (C=O) groups is 1. The van der Waals surface area contributed by atoms with Crippen molar-refractivity contribution < 1.29 is 4.79 Å². The largest absolute Gasteiger partial charge is 0.383 e. The first-order chi connectivity index (χ1) is 13.1. The molecule has 0 spiro atoms. The van der Waals surface area contributed by atoms with E-state index in [1.165, 1.54) is 0 Å². The summed E-state index contributed by atoms with van der Waals surface area (Å²) in [6.07, 6.45) is 3.35. The zero-order valence-corrected chi connectivity index (χ0v) is 15.4. The highest BCUT2D eigenvalue weighted by Gasteiger charge is 2.44. The molecular weight excluding hydrogens is 340 g/mol. The first-order valence-corrected chi connectivity index (χ1v) is 9.55. The smallest absolute Gasteiger partial charge is 0.243 e. The fourth-order valence-electron chi connectivity index (χ4n) is 4.19. The predicted octanol–water partition coefficient (Wildman–Crippen LogP) is 1.94. The monoisotopic (exact) mass is 364 g/mol. The van der Waals surface area contributed by atoms with Gasteiger partial charge in [0.1, 0.15) is 17.1 Å². The van der Waals surface area contributed by atoms with Gasteiger partial charge in [0.15, 0.2) is 0 Å². The normalized spacial score (nSPS) is 19.9. The van der Waals surface area contributed by atoms with Gasteiger partial charge in [-0.1, -0.05) is 25.0 Å². The predicted molar refractivity (Wildman–Crippen MR) is 102 cm³/mol. The molecule has 140 valence electrons. The molecule has 1 aliphatic heterocycles. The second-order valence-corrected chi connectivity index (χ2v) is 7.51. The van der Waals surface area contributed by atoms with E-state index in [-0.39, 0.29) is 5.91 Å². The Hall–Kier alpha value is -2.72. The molecule has 1 aromatic heterocycles. The lowest BCUT2D eigenvalue weighted by Crippen LogP contribution is -2.52. The SMILES string of the molecule is N#CC1(C(=O)N2CCN(Cc3nc(N)c4ccccc4n3)CC2)CCCC1. The van der Waals surface area contributed by atoms with E-state index < -0.39 is 5.41 Å². The third-order valence-electron chi connectivity index (χ3n) is 5.78. The van der Waals surface area contributed by atoms with Crippen LogP contribution in [0.2, 0.25) is 0 Å². The molecule has 4 rings (SSSR count). The Balaban J connectivity index is 1.40. The van der Waals surface area contributed by atoms with Crippen molar-refractivity contribution in [2.24, 2.45) is 5.41 Å². The molecule has 2 fully saturated rings. The number of hydrogen-bond acceptors (Lipinski definition) is 6. The Morgan fingerprint density at radius 2 is 1.85 bits per heavy atom. The molecule has 1 aromatic carbocycles. The van der Waals surface area contributed by atoms with Gasteiger partial charge in [-0.25, -0.2) is 9.97 Å². The van der Waals surface area contributed by atoms with E-state index in [1.54, 1.807) is 0 Å². The van der Waals surface area contributed by atoms with Crippen LogP contribution in [0.15, 0.2) is 24.3 Å². The van der Waals surface area contributed by atoms with Crippen molar-refractivity contribution >= 4 is 22.6 Å². The summed E-state index contributed by atoms with van der Waals surface area (Å²) in [7, 11) is 0. The topological polar surface area (TPSA) is 99.1 Å². The van der Waals surface area contributed by atoms with E-state index in [4.69, 9.17) is 5.73 Å². The van der Waals surface area contributed by atoms with Crippen LogP contribution in [-0.4, -0.2) is 51.9 Å². The molecular formula is C20H24N6O. The number of amides is 1. The van der Waals surface area contributed by atoms with Crippen molar-refractivity contribution in [3.63, 3.8) is 0 Å². The minimum absolute atomic E-state index is 0.0216. The molecule has 1 aliphatic carbocycles. The van der Waals surface area contributed by atoms with Crippen LogP contribution in [0.25, 0.3) is 10.9 Å². The maximum Gasteiger partial charge on any atom is 0.243 e. The third kappa shape index (κ3) is 3.33. The number of aromatic nitrogens is 2. The summed E-state index contributed by atoms with van der Waals surface area (Å²) >= 11 is 0. The Morgan fingerprint density at radius 3 is 2.56 bits per heavy atom. The molecule has 1 saturated carbocycles. The molecule has 7 heteroatoms. The van der Waals surface area contributed by atoms with Gasteiger partial charge in [0.25, 0.3) is 0 Å². The summed E-state index contributed by atoms with van der Waals surface area (Å²) in [5, 5.41) is 10.4. The maximum atomic E-state index is 12.9. The summed E-state index contributed by atoms with van der Waals surface area (Å²) in [5.41, 5.74) is 6.14. The maximum absolute atomic E-state index is 12.9. The lowest BCUT2D eigenvalue weighted by molar-refractivity contribution is -0.140. The molecule has 0 bridgehead atoms. The van der Waals surface area contributed by atoms with E-state index in [0.29, 0.717) is 44.1 Å². The van der Waals surface area contributed by atoms with Crippen LogP contribution in [0.4, 0.5) is 5.82 Å². The second-order valence-electron chi connectivity index (χ2n) is 7.51. The number of piperazine rings is 1. The highest BCUT2D eigenvalue weighted by molar-refractivity contribution is 5.87. The molecule has 7 nitrogen and oxygen atoms in total. The number of anilines is 1. The van der Waals surface area contributed by atoms with Gasteiger partial charge in [0.2, 0.25) is 5.91 Å². The van der Waals surface area contributed by atoms with E-state index in [9.17, 15) is 10.1 Å². The summed E-state index contributed by atoms with van der Waals surface area (Å²) in [5.74, 6) is 1.23. The van der Waals surface area contributed by atoms with Gasteiger partial charge in [-0.05, 0) is 25.0 Å². The van der Waals surface area contributed by atoms with E-state index >= 15 is 0 Å². The molecule has 2 heterocycles. The van der Waals surface area contributed by atoms with Gasteiger partial charge in [0.05, 0.1) is 18.1 Å². The van der Waals surface area contributed by atoms with Gasteiger partial charge in [-0.15, -0.1) is 0 Å². The molecule has 2 aliphatic rings. The molecule has 2 aromatic rings. The van der Waals surface area contributed by atoms with Crippen LogP contribution in [0.5, 0.6) is 0 Å². The van der Waals surface area contributed by atoms with Crippen LogP contribution in [0.3, 0.4) is 0 Å². The van der Waals surface area contributed by atoms with Crippen molar-refractivity contribution in [1.82, 2.24) is 19.8 Å². The summed E-state index contributed by atoms with van der Waals surface area (Å²) in [6, 6.07) is 10.0. The average molecular weight is 364 g/mol. The number of para-hydroxylation sites is 1. The number of benzene rings is 1. The molecule has 1 amide bonds. The molecule has 27 heavy (non-hydrogen) atoms. The fourth-order valence-corrected chi connectivity index (χ4v) is 4.19. The van der Waals surface area contributed by atoms with Gasteiger partial charge in [-0.2, -0.15) is 5.26 Å². The highest BCUT2D eigenvalue weighted by Crippen LogP contribution is 2.39. The molecule has 2 N–H and O–H groups in total. The number of fused-ring (bicyclic) bond motifs is 1. The third-order valence-corrected chi connectivity index (χ3v) is 5.78. The van der Waals surface area contributed by atoms with Crippen molar-refractivity contribution in [2.45, 2.75) is 32.2 Å². The van der Waals surface area contributed by atoms with Gasteiger partial charge in [0, 0.05) is 31.6 Å². The lowest BCUT2D eigenvalue weighted by atomic mass is 9.86. The number of nitrogens with zero attached hydrogens (tertiary/aromatic N) is 5. The van der Waals surface area contributed by atoms with Crippen molar-refractivity contribution in [3.8, 4) is 6.07 Å². The Labute approximate surface area is 158 Å². The van der Waals surface area contributed by atoms with Crippen molar-refractivity contribution in [1.29, 1.82) is 5.26 Å². The molecule has 1 saturated heterocycles. The van der Waals surface area contributed by atoms with Crippen molar-refractivity contribution in [2.75, 3.05) is 31.9 Å². The fraction of sp³-hybridized carbons (Fsp3) is 0.500. The van der Waals surface area contributed by atoms with Crippen LogP contribution >= 0.6 is 0 Å². The van der Waals surface area contributed by atoms with Crippen LogP contribution in [0, 0.1) is 16.7 Å². The lowest BCUT2D eigenvalue weighted by Gasteiger charge is -2.37. The average Bonchev–Trinajstić information content (AvgIpc) is 3.18. The number of hydrogen-bond donors (Lipinski definition) is 1. The summed E-state index contributed by atoms with van der Waals surface area (Å²) in [4.78, 5) is 26.0. The number of nitrogen functional groups attached to an aromatic ring is 1. The Morgan fingerprint density at radius 1 is 1.15 bits per heavy atom. The van der Waals surface area contributed by atoms with Crippen molar-refractivity contribution in [3.05, 3.63) is 30.1 Å². The minimum atomic E-state index is -0.780. The molecule has 0 atom stereocenters. The molecule has 0 unspecified atom stereocenters. The first-order valence-electron chi connectivity index (χ1n) is 9.55. The first kappa shape index (κ1) is 17.7. The van der Waals surface area contributed by atoms with E-state index in [0.717, 1.165) is 36.8 Å². The van der Waals surface area contributed by atoms with Crippen LogP contribution in [-0.2, 0) is 11.3 Å². The zero-order chi connectivity index (χ0) is 18.9. The van der Waals surface area contributed by atoms with Gasteiger partial charge in [-0.3, -0.25) is 9.69 Å². The number of nitrogens with two attached hydrogens (primary N) is 1. The zero-order valence-electron chi connectivity index (χ0n) is 15.4. The standard InChI is InChI=1S/C20H24N6O/c21-14-20(7-3-4-8-20)19(27)26-11-9-25(10-12-26)13-17-23-16-6-2-1-5-15(16)18(22)24-17/h1-2,5-6H,3-4,7-13H2,(H2,22,23,24). The number of nitriles is 1. The number of rotatable bonds is 3.